The molecule has 1 N–H and O–H groups in total. The average Bonchev–Trinajstić information content (AvgIpc) is 2.57. The Labute approximate surface area is 146 Å². The van der Waals surface area contributed by atoms with Crippen molar-refractivity contribution < 1.29 is 4.79 Å². The van der Waals surface area contributed by atoms with Crippen LogP contribution in [0.3, 0.4) is 0 Å². The second-order valence-electron chi connectivity index (χ2n) is 5.52. The Morgan fingerprint density at radius 2 is 2.13 bits per heavy atom. The number of anilines is 2. The first kappa shape index (κ1) is 16.2. The molecular formula is C18H19ClN2OS. The predicted octanol–water partition coefficient (Wildman–Crippen LogP) is 4.83. The highest BCUT2D eigenvalue weighted by molar-refractivity contribution is 7.99. The zero-order valence-corrected chi connectivity index (χ0v) is 14.8. The summed E-state index contributed by atoms with van der Waals surface area (Å²) in [6, 6.07) is 11.4. The van der Waals surface area contributed by atoms with Gasteiger partial charge in [0.25, 0.3) is 5.91 Å². The molecule has 2 aromatic carbocycles. The van der Waals surface area contributed by atoms with E-state index in [2.05, 4.69) is 17.1 Å². The van der Waals surface area contributed by atoms with E-state index in [1.807, 2.05) is 49.0 Å². The topological polar surface area (TPSA) is 32.3 Å². The fourth-order valence-corrected chi connectivity index (χ4v) is 3.87. The molecule has 1 heterocycles. The lowest BCUT2D eigenvalue weighted by atomic mass is 10.1. The molecule has 3 rings (SSSR count). The van der Waals surface area contributed by atoms with Crippen LogP contribution in [0.15, 0.2) is 41.3 Å². The van der Waals surface area contributed by atoms with Crippen molar-refractivity contribution in [1.29, 1.82) is 0 Å². The molecule has 3 nitrogen and oxygen atoms in total. The van der Waals surface area contributed by atoms with E-state index < -0.39 is 0 Å². The summed E-state index contributed by atoms with van der Waals surface area (Å²) in [7, 11) is 0. The van der Waals surface area contributed by atoms with E-state index in [0.717, 1.165) is 35.8 Å². The molecule has 120 valence electrons. The van der Waals surface area contributed by atoms with E-state index in [1.165, 1.54) is 4.90 Å². The molecule has 1 aliphatic rings. The number of nitrogens with zero attached hydrogens (tertiary/aromatic N) is 1. The smallest absolute Gasteiger partial charge is 0.255 e. The molecular weight excluding hydrogens is 328 g/mol. The van der Waals surface area contributed by atoms with Crippen molar-refractivity contribution in [2.24, 2.45) is 0 Å². The summed E-state index contributed by atoms with van der Waals surface area (Å²) >= 11 is 7.86. The van der Waals surface area contributed by atoms with Gasteiger partial charge in [0.1, 0.15) is 0 Å². The molecule has 0 aromatic heterocycles. The Morgan fingerprint density at radius 1 is 1.30 bits per heavy atom. The molecule has 1 aliphatic heterocycles. The summed E-state index contributed by atoms with van der Waals surface area (Å²) in [4.78, 5) is 16.1. The van der Waals surface area contributed by atoms with Gasteiger partial charge < -0.3 is 10.2 Å². The lowest BCUT2D eigenvalue weighted by Gasteiger charge is -2.30. The molecule has 5 heteroatoms. The summed E-state index contributed by atoms with van der Waals surface area (Å²) in [5.41, 5.74) is 3.57. The van der Waals surface area contributed by atoms with Crippen LogP contribution < -0.4 is 10.2 Å². The van der Waals surface area contributed by atoms with Crippen LogP contribution in [-0.4, -0.2) is 24.7 Å². The molecule has 1 amide bonds. The highest BCUT2D eigenvalue weighted by atomic mass is 35.5. The summed E-state index contributed by atoms with van der Waals surface area (Å²) in [5.74, 6) is 0.985. The number of carbonyl (C=O) groups excluding carboxylic acids is 1. The number of carbonyl (C=O) groups is 1. The number of hydrogen-bond donors (Lipinski definition) is 1. The number of rotatable bonds is 3. The van der Waals surface area contributed by atoms with Gasteiger partial charge in [0.15, 0.2) is 0 Å². The fourth-order valence-electron chi connectivity index (χ4n) is 2.67. The van der Waals surface area contributed by atoms with E-state index in [0.29, 0.717) is 10.6 Å². The number of amides is 1. The Morgan fingerprint density at radius 3 is 2.91 bits per heavy atom. The van der Waals surface area contributed by atoms with Gasteiger partial charge in [-0.25, -0.2) is 0 Å². The van der Waals surface area contributed by atoms with Gasteiger partial charge in [0, 0.05) is 40.0 Å². The van der Waals surface area contributed by atoms with Crippen LogP contribution in [0.4, 0.5) is 11.4 Å². The van der Waals surface area contributed by atoms with E-state index in [-0.39, 0.29) is 5.91 Å². The number of thioether (sulfide) groups is 1. The van der Waals surface area contributed by atoms with Gasteiger partial charge in [-0.05, 0) is 49.7 Å². The van der Waals surface area contributed by atoms with E-state index >= 15 is 0 Å². The SMILES string of the molecule is CCN1CCSc2ccc(C(=O)Nc3cc(Cl)ccc3C)cc21. The van der Waals surface area contributed by atoms with Gasteiger partial charge >= 0.3 is 0 Å². The Hall–Kier alpha value is -1.65. The second-order valence-corrected chi connectivity index (χ2v) is 7.10. The maximum Gasteiger partial charge on any atom is 0.255 e. The van der Waals surface area contributed by atoms with Crippen molar-refractivity contribution in [1.82, 2.24) is 0 Å². The van der Waals surface area contributed by atoms with Gasteiger partial charge in [-0.15, -0.1) is 11.8 Å². The highest BCUT2D eigenvalue weighted by Crippen LogP contribution is 2.35. The van der Waals surface area contributed by atoms with Gasteiger partial charge in [-0.3, -0.25) is 4.79 Å². The number of halogens is 1. The zero-order valence-electron chi connectivity index (χ0n) is 13.2. The number of benzene rings is 2. The summed E-state index contributed by atoms with van der Waals surface area (Å²) < 4.78 is 0. The Kier molecular flexibility index (Phi) is 4.83. The molecule has 23 heavy (non-hydrogen) atoms. The average molecular weight is 347 g/mol. The van der Waals surface area contributed by atoms with Gasteiger partial charge in [-0.1, -0.05) is 17.7 Å². The number of fused-ring (bicyclic) bond motifs is 1. The van der Waals surface area contributed by atoms with Crippen LogP contribution in [0.5, 0.6) is 0 Å². The van der Waals surface area contributed by atoms with Crippen molar-refractivity contribution in [3.8, 4) is 0 Å². The first-order valence-corrected chi connectivity index (χ1v) is 9.04. The minimum atomic E-state index is -0.107. The normalized spacial score (nSPS) is 13.6. The molecule has 0 atom stereocenters. The van der Waals surface area contributed by atoms with Crippen molar-refractivity contribution in [3.63, 3.8) is 0 Å². The minimum Gasteiger partial charge on any atom is -0.370 e. The summed E-state index contributed by atoms with van der Waals surface area (Å²) in [6.07, 6.45) is 0. The van der Waals surface area contributed by atoms with Crippen molar-refractivity contribution in [3.05, 3.63) is 52.5 Å². The van der Waals surface area contributed by atoms with Gasteiger partial charge in [0.2, 0.25) is 0 Å². The molecule has 0 bridgehead atoms. The van der Waals surface area contributed by atoms with Gasteiger partial charge in [-0.2, -0.15) is 0 Å². The first-order chi connectivity index (χ1) is 11.1. The van der Waals surface area contributed by atoms with Crippen molar-refractivity contribution in [2.75, 3.05) is 29.1 Å². The molecule has 0 fully saturated rings. The highest BCUT2D eigenvalue weighted by Gasteiger charge is 2.18. The maximum absolute atomic E-state index is 12.6. The predicted molar refractivity (Wildman–Crippen MR) is 99.2 cm³/mol. The quantitative estimate of drug-likeness (QED) is 0.863. The van der Waals surface area contributed by atoms with Gasteiger partial charge in [0.05, 0.1) is 5.69 Å². The van der Waals surface area contributed by atoms with Crippen LogP contribution in [-0.2, 0) is 0 Å². The van der Waals surface area contributed by atoms with Crippen LogP contribution in [0.2, 0.25) is 5.02 Å². The standard InChI is InChI=1S/C18H19ClN2OS/c1-3-21-8-9-23-17-7-5-13(10-16(17)21)18(22)20-15-11-14(19)6-4-12(15)2/h4-7,10-11H,3,8-9H2,1-2H3,(H,20,22). The van der Waals surface area contributed by atoms with E-state index in [4.69, 9.17) is 11.6 Å². The Balaban J connectivity index is 1.87. The molecule has 0 radical (unpaired) electrons. The van der Waals surface area contributed by atoms with E-state index in [1.54, 1.807) is 6.07 Å². The number of hydrogen-bond acceptors (Lipinski definition) is 3. The zero-order chi connectivity index (χ0) is 16.4. The molecule has 2 aromatic rings. The molecule has 0 unspecified atom stereocenters. The lowest BCUT2D eigenvalue weighted by molar-refractivity contribution is 0.102. The summed E-state index contributed by atoms with van der Waals surface area (Å²) in [5, 5.41) is 3.57. The monoisotopic (exact) mass is 346 g/mol. The third-order valence-electron chi connectivity index (χ3n) is 4.01. The third kappa shape index (κ3) is 3.48. The molecule has 0 aliphatic carbocycles. The molecule has 0 spiro atoms. The molecule has 0 saturated heterocycles. The maximum atomic E-state index is 12.6. The largest absolute Gasteiger partial charge is 0.370 e. The van der Waals surface area contributed by atoms with E-state index in [9.17, 15) is 4.79 Å². The van der Waals surface area contributed by atoms with Crippen LogP contribution >= 0.6 is 23.4 Å². The van der Waals surface area contributed by atoms with Crippen molar-refractivity contribution in [2.45, 2.75) is 18.7 Å². The van der Waals surface area contributed by atoms with Crippen LogP contribution in [0.25, 0.3) is 0 Å². The fraction of sp³-hybridized carbons (Fsp3) is 0.278. The van der Waals surface area contributed by atoms with Crippen LogP contribution in [0, 0.1) is 6.92 Å². The number of nitrogens with one attached hydrogen (secondary N) is 1. The number of aryl methyl sites for hydroxylation is 1. The Bertz CT molecular complexity index is 748. The third-order valence-corrected chi connectivity index (χ3v) is 5.29. The lowest BCUT2D eigenvalue weighted by Crippen LogP contribution is -2.29. The molecule has 0 saturated carbocycles. The second kappa shape index (κ2) is 6.85. The summed E-state index contributed by atoms with van der Waals surface area (Å²) in [6.45, 7) is 6.06. The van der Waals surface area contributed by atoms with Crippen LogP contribution in [0.1, 0.15) is 22.8 Å². The first-order valence-electron chi connectivity index (χ1n) is 7.68. The van der Waals surface area contributed by atoms with Crippen molar-refractivity contribution >= 4 is 40.6 Å². The minimum absolute atomic E-state index is 0.107.